The number of esters is 1. The second kappa shape index (κ2) is 5.82. The normalized spacial score (nSPS) is 27.6. The summed E-state index contributed by atoms with van der Waals surface area (Å²) in [5, 5.41) is 2.93. The number of halogens is 2. The van der Waals surface area contributed by atoms with Gasteiger partial charge in [-0.15, -0.1) is 0 Å². The van der Waals surface area contributed by atoms with E-state index in [1.54, 1.807) is 0 Å². The Morgan fingerprint density at radius 3 is 2.76 bits per heavy atom. The molecule has 1 aromatic heterocycles. The summed E-state index contributed by atoms with van der Waals surface area (Å²) in [5.74, 6) is -2.54. The minimum atomic E-state index is -0.986. The van der Waals surface area contributed by atoms with Crippen molar-refractivity contribution in [2.24, 2.45) is 17.8 Å². The first-order chi connectivity index (χ1) is 12.0. The molecule has 0 radical (unpaired) electrons. The first kappa shape index (κ1) is 16.1. The van der Waals surface area contributed by atoms with Crippen LogP contribution in [0.5, 0.6) is 0 Å². The van der Waals surface area contributed by atoms with Crippen LogP contribution in [0.3, 0.4) is 0 Å². The van der Waals surface area contributed by atoms with Crippen molar-refractivity contribution in [3.8, 4) is 0 Å². The highest BCUT2D eigenvalue weighted by atomic mass is 19.2. The molecule has 0 aliphatic heterocycles. The molecule has 5 nitrogen and oxygen atoms in total. The third kappa shape index (κ3) is 2.49. The molecule has 4 rings (SSSR count). The summed E-state index contributed by atoms with van der Waals surface area (Å²) in [4.78, 5) is 27.5. The maximum atomic E-state index is 13.8. The van der Waals surface area contributed by atoms with E-state index in [0.717, 1.165) is 25.3 Å². The summed E-state index contributed by atoms with van der Waals surface area (Å²) in [6.07, 6.45) is 2.83. The van der Waals surface area contributed by atoms with Crippen molar-refractivity contribution in [2.45, 2.75) is 25.3 Å². The van der Waals surface area contributed by atoms with Crippen molar-refractivity contribution in [3.05, 3.63) is 35.5 Å². The largest absolute Gasteiger partial charge is 0.469 e. The summed E-state index contributed by atoms with van der Waals surface area (Å²) in [7, 11) is 1.35. The van der Waals surface area contributed by atoms with Gasteiger partial charge < -0.3 is 15.0 Å². The number of hydrogen-bond donors (Lipinski definition) is 2. The van der Waals surface area contributed by atoms with Crippen LogP contribution < -0.4 is 5.32 Å². The molecule has 0 saturated heterocycles. The number of rotatable bonds is 3. The molecular weight excluding hydrogens is 330 g/mol. The molecule has 0 unspecified atom stereocenters. The summed E-state index contributed by atoms with van der Waals surface area (Å²) in [5.41, 5.74) is 0.493. The van der Waals surface area contributed by atoms with Crippen molar-refractivity contribution in [2.75, 3.05) is 7.11 Å². The van der Waals surface area contributed by atoms with Crippen LogP contribution >= 0.6 is 0 Å². The molecule has 0 spiro atoms. The number of carbonyl (C=O) groups is 2. The summed E-state index contributed by atoms with van der Waals surface area (Å²) >= 11 is 0. The maximum Gasteiger partial charge on any atom is 0.311 e. The Kier molecular flexibility index (Phi) is 3.74. The highest BCUT2D eigenvalue weighted by Crippen LogP contribution is 2.49. The van der Waals surface area contributed by atoms with Crippen molar-refractivity contribution in [1.29, 1.82) is 0 Å². The fraction of sp³-hybridized carbons (Fsp3) is 0.444. The van der Waals surface area contributed by atoms with Gasteiger partial charge in [0.2, 0.25) is 0 Å². The Morgan fingerprint density at radius 1 is 1.24 bits per heavy atom. The van der Waals surface area contributed by atoms with E-state index in [0.29, 0.717) is 5.52 Å². The first-order valence-electron chi connectivity index (χ1n) is 8.35. The van der Waals surface area contributed by atoms with E-state index < -0.39 is 17.5 Å². The van der Waals surface area contributed by atoms with E-state index in [1.165, 1.54) is 19.2 Å². The predicted molar refractivity (Wildman–Crippen MR) is 85.8 cm³/mol. The molecule has 132 valence electrons. The second-order valence-corrected chi connectivity index (χ2v) is 6.89. The van der Waals surface area contributed by atoms with Crippen LogP contribution in [0.1, 0.15) is 29.8 Å². The number of amides is 1. The van der Waals surface area contributed by atoms with Crippen LogP contribution in [0.2, 0.25) is 0 Å². The average molecular weight is 348 g/mol. The van der Waals surface area contributed by atoms with Gasteiger partial charge in [0.1, 0.15) is 5.69 Å². The number of ether oxygens (including phenoxy) is 1. The van der Waals surface area contributed by atoms with Gasteiger partial charge in [-0.25, -0.2) is 8.78 Å². The number of benzene rings is 1. The van der Waals surface area contributed by atoms with Gasteiger partial charge in [0.15, 0.2) is 11.6 Å². The lowest BCUT2D eigenvalue weighted by molar-refractivity contribution is -0.148. The van der Waals surface area contributed by atoms with Crippen LogP contribution in [-0.2, 0) is 9.53 Å². The van der Waals surface area contributed by atoms with Crippen molar-refractivity contribution in [1.82, 2.24) is 10.3 Å². The fourth-order valence-electron chi connectivity index (χ4n) is 4.47. The van der Waals surface area contributed by atoms with E-state index >= 15 is 0 Å². The van der Waals surface area contributed by atoms with E-state index in [9.17, 15) is 18.4 Å². The number of hydrogen-bond acceptors (Lipinski definition) is 3. The number of aromatic nitrogens is 1. The van der Waals surface area contributed by atoms with Gasteiger partial charge >= 0.3 is 5.97 Å². The standard InChI is InChI=1S/C18H18F2N2O3/c1-25-18(24)14-8-2-3-9(6-8)16(14)22-17(23)13-7-10-12(21-13)5-4-11(19)15(10)20/h4-5,7-9,14,16,21H,2-3,6H2,1H3,(H,22,23)/t8-,9-,14-,16-/m0/s1. The molecule has 1 aromatic carbocycles. The zero-order valence-corrected chi connectivity index (χ0v) is 13.6. The lowest BCUT2D eigenvalue weighted by Crippen LogP contribution is -2.47. The Hall–Kier alpha value is -2.44. The van der Waals surface area contributed by atoms with Crippen LogP contribution in [0.15, 0.2) is 18.2 Å². The highest BCUT2D eigenvalue weighted by molar-refractivity contribution is 5.98. The van der Waals surface area contributed by atoms with E-state index in [-0.39, 0.29) is 40.8 Å². The van der Waals surface area contributed by atoms with Crippen molar-refractivity contribution >= 4 is 22.8 Å². The lowest BCUT2D eigenvalue weighted by atomic mass is 9.84. The van der Waals surface area contributed by atoms with Crippen molar-refractivity contribution in [3.63, 3.8) is 0 Å². The summed E-state index contributed by atoms with van der Waals surface area (Å²) < 4.78 is 32.0. The van der Waals surface area contributed by atoms with E-state index in [4.69, 9.17) is 4.74 Å². The highest BCUT2D eigenvalue weighted by Gasteiger charge is 2.52. The van der Waals surface area contributed by atoms with Gasteiger partial charge in [-0.1, -0.05) is 0 Å². The molecule has 2 aromatic rings. The number of H-pyrrole nitrogens is 1. The molecular formula is C18H18F2N2O3. The van der Waals surface area contributed by atoms with Gasteiger partial charge in [0.05, 0.1) is 13.0 Å². The summed E-state index contributed by atoms with van der Waals surface area (Å²) in [6.45, 7) is 0. The number of fused-ring (bicyclic) bond motifs is 3. The molecule has 7 heteroatoms. The molecule has 2 N–H and O–H groups in total. The number of aromatic amines is 1. The van der Waals surface area contributed by atoms with Crippen LogP contribution in [0.4, 0.5) is 8.78 Å². The molecule has 25 heavy (non-hydrogen) atoms. The Bertz CT molecular complexity index is 863. The molecule has 2 aliphatic carbocycles. The quantitative estimate of drug-likeness (QED) is 0.838. The molecule has 2 fully saturated rings. The van der Waals surface area contributed by atoms with Gasteiger partial charge in [-0.2, -0.15) is 0 Å². The zero-order chi connectivity index (χ0) is 17.7. The molecule has 2 aliphatic rings. The van der Waals surface area contributed by atoms with Crippen LogP contribution in [0, 0.1) is 29.4 Å². The zero-order valence-electron chi connectivity index (χ0n) is 13.6. The minimum absolute atomic E-state index is 0.0302. The first-order valence-corrected chi connectivity index (χ1v) is 8.35. The maximum absolute atomic E-state index is 13.8. The topological polar surface area (TPSA) is 71.2 Å². The third-order valence-electron chi connectivity index (χ3n) is 5.62. The SMILES string of the molecule is COC(=O)[C@H]1[C@H]2CC[C@@H](C2)[C@@H]1NC(=O)c1cc2c(F)c(F)ccc2[nH]1. The molecule has 1 heterocycles. The second-order valence-electron chi connectivity index (χ2n) is 6.89. The Balaban J connectivity index is 1.59. The van der Waals surface area contributed by atoms with Crippen LogP contribution in [0.25, 0.3) is 10.9 Å². The Labute approximate surface area is 142 Å². The van der Waals surface area contributed by atoms with Crippen LogP contribution in [-0.4, -0.2) is 30.0 Å². The fourth-order valence-corrected chi connectivity index (χ4v) is 4.47. The molecule has 1 amide bonds. The minimum Gasteiger partial charge on any atom is -0.469 e. The third-order valence-corrected chi connectivity index (χ3v) is 5.62. The van der Waals surface area contributed by atoms with Gasteiger partial charge in [0.25, 0.3) is 5.91 Å². The number of nitrogens with one attached hydrogen (secondary N) is 2. The van der Waals surface area contributed by atoms with Gasteiger partial charge in [-0.05, 0) is 49.3 Å². The molecule has 2 saturated carbocycles. The van der Waals surface area contributed by atoms with Gasteiger partial charge in [-0.3, -0.25) is 9.59 Å². The van der Waals surface area contributed by atoms with Gasteiger partial charge in [0, 0.05) is 16.9 Å². The van der Waals surface area contributed by atoms with E-state index in [1.807, 2.05) is 0 Å². The lowest BCUT2D eigenvalue weighted by Gasteiger charge is -2.29. The predicted octanol–water partition coefficient (Wildman–Crippen LogP) is 2.76. The monoisotopic (exact) mass is 348 g/mol. The molecule has 4 atom stereocenters. The summed E-state index contributed by atoms with van der Waals surface area (Å²) in [6, 6.07) is 3.41. The smallest absolute Gasteiger partial charge is 0.311 e. The Morgan fingerprint density at radius 2 is 2.00 bits per heavy atom. The molecule has 2 bridgehead atoms. The number of methoxy groups -OCH3 is 1. The van der Waals surface area contributed by atoms with E-state index in [2.05, 4.69) is 10.3 Å². The van der Waals surface area contributed by atoms with Crippen molar-refractivity contribution < 1.29 is 23.1 Å². The number of carbonyl (C=O) groups excluding carboxylic acids is 2. The average Bonchev–Trinajstić information content (AvgIpc) is 3.31.